The first-order chi connectivity index (χ1) is 11.3. The van der Waals surface area contributed by atoms with Crippen molar-refractivity contribution < 1.29 is 17.6 Å². The molecule has 130 valence electrons. The number of furan rings is 1. The maximum Gasteiger partial charge on any atom is 0.290 e. The summed E-state index contributed by atoms with van der Waals surface area (Å²) < 4.78 is 31.4. The highest BCUT2D eigenvalue weighted by Gasteiger charge is 2.37. The van der Waals surface area contributed by atoms with Crippen molar-refractivity contribution in [3.8, 4) is 0 Å². The smallest absolute Gasteiger partial charge is 0.290 e. The molecule has 3 heterocycles. The van der Waals surface area contributed by atoms with Crippen molar-refractivity contribution in [1.82, 2.24) is 14.7 Å². The number of aryl methyl sites for hydroxylation is 3. The first-order valence-corrected chi connectivity index (χ1v) is 9.72. The number of hydrogen-bond acceptors (Lipinski definition) is 5. The Morgan fingerprint density at radius 2 is 2.21 bits per heavy atom. The molecule has 0 saturated carbocycles. The van der Waals surface area contributed by atoms with Gasteiger partial charge in [-0.1, -0.05) is 6.92 Å². The monoisotopic (exact) mass is 351 g/mol. The van der Waals surface area contributed by atoms with Crippen LogP contribution in [0.3, 0.4) is 0 Å². The summed E-state index contributed by atoms with van der Waals surface area (Å²) in [5.74, 6) is 0.639. The lowest BCUT2D eigenvalue weighted by atomic mass is 10.1. The molecule has 0 unspecified atom stereocenters. The highest BCUT2D eigenvalue weighted by molar-refractivity contribution is 7.91. The molecule has 0 aromatic carbocycles. The Morgan fingerprint density at radius 1 is 1.46 bits per heavy atom. The average molecular weight is 351 g/mol. The van der Waals surface area contributed by atoms with Crippen molar-refractivity contribution in [3.63, 3.8) is 0 Å². The molecule has 2 aromatic rings. The summed E-state index contributed by atoms with van der Waals surface area (Å²) in [6.45, 7) is 4.02. The fourth-order valence-corrected chi connectivity index (χ4v) is 4.55. The van der Waals surface area contributed by atoms with Crippen LogP contribution < -0.4 is 0 Å². The number of sulfone groups is 1. The van der Waals surface area contributed by atoms with Gasteiger partial charge in [0.15, 0.2) is 15.6 Å². The van der Waals surface area contributed by atoms with Gasteiger partial charge in [-0.05, 0) is 18.6 Å². The summed E-state index contributed by atoms with van der Waals surface area (Å²) in [5, 5.41) is 4.10. The lowest BCUT2D eigenvalue weighted by Crippen LogP contribution is -2.46. The lowest BCUT2D eigenvalue weighted by Gasteiger charge is -2.34. The molecule has 0 radical (unpaired) electrons. The van der Waals surface area contributed by atoms with E-state index < -0.39 is 15.9 Å². The Balaban J connectivity index is 1.95. The molecule has 1 fully saturated rings. The summed E-state index contributed by atoms with van der Waals surface area (Å²) in [5.41, 5.74) is 1.65. The number of hydrogen-bond donors (Lipinski definition) is 0. The Morgan fingerprint density at radius 3 is 2.79 bits per heavy atom. The fourth-order valence-electron chi connectivity index (χ4n) is 3.06. The van der Waals surface area contributed by atoms with Crippen molar-refractivity contribution >= 4 is 15.7 Å². The lowest BCUT2D eigenvalue weighted by molar-refractivity contribution is 0.0663. The second-order valence-electron chi connectivity index (χ2n) is 6.15. The predicted octanol–water partition coefficient (Wildman–Crippen LogP) is 1.50. The third kappa shape index (κ3) is 3.10. The maximum atomic E-state index is 12.9. The van der Waals surface area contributed by atoms with Gasteiger partial charge in [-0.15, -0.1) is 0 Å². The van der Waals surface area contributed by atoms with E-state index in [2.05, 4.69) is 5.10 Å². The SMILES string of the molecule is CCc1oc(C(=O)N2CCS(=O)(=O)C[C@@H]2c2cnn(C)c2)cc1C. The van der Waals surface area contributed by atoms with E-state index >= 15 is 0 Å². The van der Waals surface area contributed by atoms with E-state index in [0.29, 0.717) is 12.0 Å². The van der Waals surface area contributed by atoms with Gasteiger partial charge in [-0.25, -0.2) is 8.42 Å². The zero-order valence-corrected chi connectivity index (χ0v) is 14.8. The summed E-state index contributed by atoms with van der Waals surface area (Å²) >= 11 is 0. The molecule has 1 saturated heterocycles. The predicted molar refractivity (Wildman–Crippen MR) is 88.5 cm³/mol. The number of rotatable bonds is 3. The third-order valence-electron chi connectivity index (χ3n) is 4.35. The van der Waals surface area contributed by atoms with Gasteiger partial charge in [0.2, 0.25) is 0 Å². The van der Waals surface area contributed by atoms with Gasteiger partial charge in [0.1, 0.15) is 5.76 Å². The highest BCUT2D eigenvalue weighted by Crippen LogP contribution is 2.29. The van der Waals surface area contributed by atoms with Crippen LogP contribution >= 0.6 is 0 Å². The molecule has 8 heteroatoms. The van der Waals surface area contributed by atoms with Crippen molar-refractivity contribution in [2.24, 2.45) is 7.05 Å². The largest absolute Gasteiger partial charge is 0.456 e. The van der Waals surface area contributed by atoms with Crippen LogP contribution in [0.5, 0.6) is 0 Å². The van der Waals surface area contributed by atoms with Crippen molar-refractivity contribution in [3.05, 3.63) is 41.1 Å². The van der Waals surface area contributed by atoms with E-state index in [0.717, 1.165) is 11.3 Å². The van der Waals surface area contributed by atoms with Gasteiger partial charge in [0.25, 0.3) is 5.91 Å². The van der Waals surface area contributed by atoms with E-state index in [1.54, 1.807) is 35.1 Å². The second kappa shape index (κ2) is 6.08. The van der Waals surface area contributed by atoms with Gasteiger partial charge in [0, 0.05) is 31.8 Å². The Kier molecular flexibility index (Phi) is 4.25. The minimum absolute atomic E-state index is 0.0319. The highest BCUT2D eigenvalue weighted by atomic mass is 32.2. The summed E-state index contributed by atoms with van der Waals surface area (Å²) in [6.07, 6.45) is 4.06. The summed E-state index contributed by atoms with van der Waals surface area (Å²) in [7, 11) is -1.43. The Labute approximate surface area is 141 Å². The molecule has 7 nitrogen and oxygen atoms in total. The molecule has 0 spiro atoms. The van der Waals surface area contributed by atoms with Gasteiger partial charge in [-0.3, -0.25) is 9.48 Å². The van der Waals surface area contributed by atoms with Crippen LogP contribution in [0, 0.1) is 6.92 Å². The molecule has 2 aromatic heterocycles. The Bertz CT molecular complexity index is 866. The molecule has 24 heavy (non-hydrogen) atoms. The molecule has 0 N–H and O–H groups in total. The molecular formula is C16H21N3O4S. The summed E-state index contributed by atoms with van der Waals surface area (Å²) in [6, 6.07) is 1.19. The first-order valence-electron chi connectivity index (χ1n) is 7.90. The van der Waals surface area contributed by atoms with Crippen LogP contribution in [0.2, 0.25) is 0 Å². The fraction of sp³-hybridized carbons (Fsp3) is 0.500. The maximum absolute atomic E-state index is 12.9. The minimum atomic E-state index is -3.19. The average Bonchev–Trinajstić information content (AvgIpc) is 3.11. The molecular weight excluding hydrogens is 330 g/mol. The van der Waals surface area contributed by atoms with E-state index in [1.165, 1.54) is 0 Å². The van der Waals surface area contributed by atoms with Crippen LogP contribution in [0.1, 0.15) is 40.4 Å². The normalized spacial score (nSPS) is 20.3. The van der Waals surface area contributed by atoms with Crippen LogP contribution in [-0.2, 0) is 23.3 Å². The standard InChI is InChI=1S/C16H21N3O4S/c1-4-14-11(2)7-15(23-14)16(20)19-5-6-24(21,22)10-13(19)12-8-17-18(3)9-12/h7-9,13H,4-6,10H2,1-3H3/t13-/m1/s1. The van der Waals surface area contributed by atoms with E-state index in [4.69, 9.17) is 4.42 Å². The molecule has 0 bridgehead atoms. The number of amides is 1. The molecule has 0 aliphatic carbocycles. The zero-order valence-electron chi connectivity index (χ0n) is 14.0. The molecule has 1 atom stereocenters. The summed E-state index contributed by atoms with van der Waals surface area (Å²) in [4.78, 5) is 14.5. The van der Waals surface area contributed by atoms with Crippen LogP contribution in [0.25, 0.3) is 0 Å². The van der Waals surface area contributed by atoms with Crippen molar-refractivity contribution in [2.75, 3.05) is 18.1 Å². The molecule has 1 aliphatic rings. The molecule has 1 aliphatic heterocycles. The Hall–Kier alpha value is -2.09. The van der Waals surface area contributed by atoms with Gasteiger partial charge in [0.05, 0.1) is 23.7 Å². The number of nitrogens with zero attached hydrogens (tertiary/aromatic N) is 3. The topological polar surface area (TPSA) is 85.4 Å². The van der Waals surface area contributed by atoms with E-state index in [1.807, 2.05) is 13.8 Å². The zero-order chi connectivity index (χ0) is 17.5. The molecule has 3 rings (SSSR count). The van der Waals surface area contributed by atoms with Crippen LogP contribution in [0.4, 0.5) is 0 Å². The third-order valence-corrected chi connectivity index (χ3v) is 5.98. The van der Waals surface area contributed by atoms with E-state index in [9.17, 15) is 13.2 Å². The first kappa shape index (κ1) is 16.8. The van der Waals surface area contributed by atoms with Gasteiger partial charge >= 0.3 is 0 Å². The quantitative estimate of drug-likeness (QED) is 0.836. The number of carbonyl (C=O) groups excluding carboxylic acids is 1. The van der Waals surface area contributed by atoms with Crippen molar-refractivity contribution in [2.45, 2.75) is 26.3 Å². The van der Waals surface area contributed by atoms with Crippen LogP contribution in [-0.4, -0.2) is 47.1 Å². The van der Waals surface area contributed by atoms with Crippen molar-refractivity contribution in [1.29, 1.82) is 0 Å². The van der Waals surface area contributed by atoms with E-state index in [-0.39, 0.29) is 29.7 Å². The second-order valence-corrected chi connectivity index (χ2v) is 8.38. The number of carbonyl (C=O) groups is 1. The van der Waals surface area contributed by atoms with Crippen LogP contribution in [0.15, 0.2) is 22.9 Å². The minimum Gasteiger partial charge on any atom is -0.456 e. The molecule has 1 amide bonds. The number of aromatic nitrogens is 2. The van der Waals surface area contributed by atoms with Gasteiger partial charge < -0.3 is 9.32 Å². The van der Waals surface area contributed by atoms with Gasteiger partial charge in [-0.2, -0.15) is 5.10 Å².